The van der Waals surface area contributed by atoms with Crippen molar-refractivity contribution in [2.24, 2.45) is 5.92 Å². The Morgan fingerprint density at radius 3 is 2.36 bits per heavy atom. The highest BCUT2D eigenvalue weighted by Gasteiger charge is 2.26. The number of amides is 1. The molecular weight excluding hydrogens is 352 g/mol. The fourth-order valence-electron chi connectivity index (χ4n) is 3.60. The van der Waals surface area contributed by atoms with E-state index < -0.39 is 0 Å². The second kappa shape index (κ2) is 9.18. The van der Waals surface area contributed by atoms with E-state index in [2.05, 4.69) is 6.07 Å². The first-order valence-corrected chi connectivity index (χ1v) is 9.66. The minimum absolute atomic E-state index is 0.0000580. The molecule has 0 radical (unpaired) electrons. The molecule has 0 aliphatic carbocycles. The van der Waals surface area contributed by atoms with E-state index in [4.69, 9.17) is 10.00 Å². The highest BCUT2D eigenvalue weighted by atomic mass is 16.5. The lowest BCUT2D eigenvalue weighted by atomic mass is 9.94. The molecule has 0 saturated carbocycles. The van der Waals surface area contributed by atoms with E-state index in [1.807, 2.05) is 41.3 Å². The SMILES string of the molecule is CCOC(=O)CC1CCCN(C(=O)c2ccc(-c3ccc(C#N)cc3)cc2)C1. The van der Waals surface area contributed by atoms with E-state index in [0.29, 0.717) is 30.7 Å². The zero-order valence-electron chi connectivity index (χ0n) is 16.1. The van der Waals surface area contributed by atoms with Crippen molar-refractivity contribution >= 4 is 11.9 Å². The van der Waals surface area contributed by atoms with Crippen LogP contribution < -0.4 is 0 Å². The highest BCUT2D eigenvalue weighted by molar-refractivity contribution is 5.94. The number of hydrogen-bond acceptors (Lipinski definition) is 4. The molecule has 2 aromatic rings. The van der Waals surface area contributed by atoms with Gasteiger partial charge in [-0.3, -0.25) is 9.59 Å². The largest absolute Gasteiger partial charge is 0.466 e. The number of nitrogens with zero attached hydrogens (tertiary/aromatic N) is 2. The average molecular weight is 376 g/mol. The van der Waals surface area contributed by atoms with Gasteiger partial charge in [-0.25, -0.2) is 0 Å². The molecule has 0 aromatic heterocycles. The van der Waals surface area contributed by atoms with Crippen LogP contribution >= 0.6 is 0 Å². The predicted molar refractivity (Wildman–Crippen MR) is 106 cm³/mol. The van der Waals surface area contributed by atoms with Crippen molar-refractivity contribution in [1.29, 1.82) is 5.26 Å². The third kappa shape index (κ3) is 4.77. The fraction of sp³-hybridized carbons (Fsp3) is 0.348. The number of hydrogen-bond donors (Lipinski definition) is 0. The molecular formula is C23H24N2O3. The van der Waals surface area contributed by atoms with Gasteiger partial charge in [0.05, 0.1) is 24.7 Å². The zero-order valence-corrected chi connectivity index (χ0v) is 16.1. The molecule has 28 heavy (non-hydrogen) atoms. The van der Waals surface area contributed by atoms with Gasteiger partial charge in [0.15, 0.2) is 0 Å². The van der Waals surface area contributed by atoms with Crippen LogP contribution in [0.15, 0.2) is 48.5 Å². The fourth-order valence-corrected chi connectivity index (χ4v) is 3.60. The van der Waals surface area contributed by atoms with Crippen LogP contribution in [0.2, 0.25) is 0 Å². The van der Waals surface area contributed by atoms with Gasteiger partial charge in [-0.05, 0) is 61.1 Å². The van der Waals surface area contributed by atoms with Crippen molar-refractivity contribution in [1.82, 2.24) is 4.90 Å². The van der Waals surface area contributed by atoms with Gasteiger partial charge < -0.3 is 9.64 Å². The van der Waals surface area contributed by atoms with Crippen molar-refractivity contribution < 1.29 is 14.3 Å². The molecule has 1 atom stereocenters. The van der Waals surface area contributed by atoms with Gasteiger partial charge >= 0.3 is 5.97 Å². The minimum atomic E-state index is -0.187. The lowest BCUT2D eigenvalue weighted by molar-refractivity contribution is -0.144. The molecule has 3 rings (SSSR count). The standard InChI is InChI=1S/C23H24N2O3/c1-2-28-22(26)14-18-4-3-13-25(16-18)23(27)21-11-9-20(10-12-21)19-7-5-17(15-24)6-8-19/h5-12,18H,2-4,13-14,16H2,1H3. The summed E-state index contributed by atoms with van der Waals surface area (Å²) in [6.07, 6.45) is 2.22. The number of benzene rings is 2. The molecule has 0 spiro atoms. The highest BCUT2D eigenvalue weighted by Crippen LogP contribution is 2.24. The molecule has 1 fully saturated rings. The summed E-state index contributed by atoms with van der Waals surface area (Å²) in [6.45, 7) is 3.50. The second-order valence-corrected chi connectivity index (χ2v) is 7.04. The minimum Gasteiger partial charge on any atom is -0.466 e. The molecule has 2 aromatic carbocycles. The van der Waals surface area contributed by atoms with Gasteiger partial charge in [0.2, 0.25) is 0 Å². The van der Waals surface area contributed by atoms with Gasteiger partial charge in [0, 0.05) is 18.7 Å². The summed E-state index contributed by atoms with van der Waals surface area (Å²) in [6, 6.07) is 17.0. The summed E-state index contributed by atoms with van der Waals surface area (Å²) in [7, 11) is 0. The Kier molecular flexibility index (Phi) is 6.44. The van der Waals surface area contributed by atoms with Gasteiger partial charge in [-0.1, -0.05) is 24.3 Å². The van der Waals surface area contributed by atoms with Crippen LogP contribution in [0.25, 0.3) is 11.1 Å². The monoisotopic (exact) mass is 376 g/mol. The van der Waals surface area contributed by atoms with E-state index in [9.17, 15) is 9.59 Å². The van der Waals surface area contributed by atoms with E-state index in [1.165, 1.54) is 0 Å². The number of carbonyl (C=O) groups excluding carboxylic acids is 2. The van der Waals surface area contributed by atoms with Crippen LogP contribution in [-0.4, -0.2) is 36.5 Å². The first kappa shape index (κ1) is 19.6. The summed E-state index contributed by atoms with van der Waals surface area (Å²) in [5, 5.41) is 8.90. The summed E-state index contributed by atoms with van der Waals surface area (Å²) in [4.78, 5) is 26.4. The number of piperidine rings is 1. The Morgan fingerprint density at radius 2 is 1.75 bits per heavy atom. The third-order valence-corrected chi connectivity index (χ3v) is 5.05. The Labute approximate surface area is 165 Å². The molecule has 5 heteroatoms. The third-order valence-electron chi connectivity index (χ3n) is 5.05. The Balaban J connectivity index is 1.65. The van der Waals surface area contributed by atoms with Crippen molar-refractivity contribution in [3.05, 3.63) is 59.7 Å². The maximum atomic E-state index is 12.9. The molecule has 1 aliphatic rings. The summed E-state index contributed by atoms with van der Waals surface area (Å²) in [5.74, 6) is -0.0248. The average Bonchev–Trinajstić information content (AvgIpc) is 2.74. The molecule has 1 unspecified atom stereocenters. The van der Waals surface area contributed by atoms with E-state index in [-0.39, 0.29) is 17.8 Å². The van der Waals surface area contributed by atoms with E-state index in [1.54, 1.807) is 19.1 Å². The van der Waals surface area contributed by atoms with Crippen LogP contribution in [0, 0.1) is 17.2 Å². The molecule has 1 aliphatic heterocycles. The number of nitriles is 1. The molecule has 144 valence electrons. The smallest absolute Gasteiger partial charge is 0.306 e. The molecule has 5 nitrogen and oxygen atoms in total. The molecule has 1 heterocycles. The first-order valence-electron chi connectivity index (χ1n) is 9.66. The maximum absolute atomic E-state index is 12.9. The second-order valence-electron chi connectivity index (χ2n) is 7.04. The van der Waals surface area contributed by atoms with E-state index >= 15 is 0 Å². The van der Waals surface area contributed by atoms with Crippen LogP contribution in [-0.2, 0) is 9.53 Å². The Bertz CT molecular complexity index is 866. The van der Waals surface area contributed by atoms with E-state index in [0.717, 1.165) is 30.5 Å². The first-order chi connectivity index (χ1) is 13.6. The normalized spacial score (nSPS) is 16.3. The Hall–Kier alpha value is -3.13. The van der Waals surface area contributed by atoms with Crippen LogP contribution in [0.1, 0.15) is 42.1 Å². The number of likely N-dealkylation sites (tertiary alicyclic amines) is 1. The van der Waals surface area contributed by atoms with Gasteiger partial charge in [0.1, 0.15) is 0 Å². The van der Waals surface area contributed by atoms with Gasteiger partial charge in [-0.15, -0.1) is 0 Å². The van der Waals surface area contributed by atoms with Crippen molar-refractivity contribution in [2.75, 3.05) is 19.7 Å². The quantitative estimate of drug-likeness (QED) is 0.739. The van der Waals surface area contributed by atoms with Gasteiger partial charge in [0.25, 0.3) is 5.91 Å². The van der Waals surface area contributed by atoms with Crippen LogP contribution in [0.5, 0.6) is 0 Å². The zero-order chi connectivity index (χ0) is 19.9. The molecule has 0 bridgehead atoms. The molecule has 0 N–H and O–H groups in total. The number of esters is 1. The summed E-state index contributed by atoms with van der Waals surface area (Å²) >= 11 is 0. The summed E-state index contributed by atoms with van der Waals surface area (Å²) in [5.41, 5.74) is 3.28. The lowest BCUT2D eigenvalue weighted by Gasteiger charge is -2.32. The van der Waals surface area contributed by atoms with Crippen molar-refractivity contribution in [2.45, 2.75) is 26.2 Å². The molecule has 1 amide bonds. The van der Waals surface area contributed by atoms with Crippen LogP contribution in [0.4, 0.5) is 0 Å². The summed E-state index contributed by atoms with van der Waals surface area (Å²) < 4.78 is 5.03. The number of rotatable bonds is 5. The number of ether oxygens (including phenoxy) is 1. The molecule has 1 saturated heterocycles. The predicted octanol–water partition coefficient (Wildman–Crippen LogP) is 4.03. The maximum Gasteiger partial charge on any atom is 0.306 e. The van der Waals surface area contributed by atoms with Crippen LogP contribution in [0.3, 0.4) is 0 Å². The van der Waals surface area contributed by atoms with Crippen molar-refractivity contribution in [3.8, 4) is 17.2 Å². The number of carbonyl (C=O) groups is 2. The van der Waals surface area contributed by atoms with Gasteiger partial charge in [-0.2, -0.15) is 5.26 Å². The lowest BCUT2D eigenvalue weighted by Crippen LogP contribution is -2.40. The topological polar surface area (TPSA) is 70.4 Å². The Morgan fingerprint density at radius 1 is 1.11 bits per heavy atom. The van der Waals surface area contributed by atoms with Crippen molar-refractivity contribution in [3.63, 3.8) is 0 Å².